The summed E-state index contributed by atoms with van der Waals surface area (Å²) in [4.78, 5) is 2.42. The second-order valence-corrected chi connectivity index (χ2v) is 6.00. The summed E-state index contributed by atoms with van der Waals surface area (Å²) in [7, 11) is 0. The van der Waals surface area contributed by atoms with Crippen LogP contribution in [0.3, 0.4) is 0 Å². The molecule has 0 saturated carbocycles. The summed E-state index contributed by atoms with van der Waals surface area (Å²) in [5, 5.41) is 12.3. The first-order chi connectivity index (χ1) is 7.08. The average Bonchev–Trinajstić information content (AvgIpc) is 2.55. The zero-order valence-corrected chi connectivity index (χ0v) is 10.5. The molecule has 0 atom stereocenters. The van der Waals surface area contributed by atoms with Gasteiger partial charge in [0.05, 0.1) is 6.54 Å². The largest absolute Gasteiger partial charge is 0.314 e. The van der Waals surface area contributed by atoms with Crippen LogP contribution in [0.25, 0.3) is 0 Å². The van der Waals surface area contributed by atoms with Crippen molar-refractivity contribution in [1.82, 2.24) is 20.4 Å². The lowest BCUT2D eigenvalue weighted by atomic mass is 10.0. The van der Waals surface area contributed by atoms with Crippen molar-refractivity contribution in [3.05, 3.63) is 9.47 Å². The average molecular weight is 247 g/mol. The van der Waals surface area contributed by atoms with Gasteiger partial charge < -0.3 is 5.32 Å². The fourth-order valence-corrected chi connectivity index (χ4v) is 2.66. The highest BCUT2D eigenvalue weighted by Crippen LogP contribution is 2.22. The lowest BCUT2D eigenvalue weighted by Crippen LogP contribution is -2.57. The van der Waals surface area contributed by atoms with Crippen molar-refractivity contribution in [2.24, 2.45) is 0 Å². The Kier molecular flexibility index (Phi) is 3.25. The molecule has 2 rings (SSSR count). The van der Waals surface area contributed by atoms with E-state index in [2.05, 4.69) is 34.3 Å². The highest BCUT2D eigenvalue weighted by molar-refractivity contribution is 7.15. The van der Waals surface area contributed by atoms with Crippen molar-refractivity contribution < 1.29 is 0 Å². The monoisotopic (exact) mass is 246 g/mol. The minimum Gasteiger partial charge on any atom is -0.314 e. The molecule has 1 N–H and O–H groups in total. The van der Waals surface area contributed by atoms with E-state index in [1.807, 2.05) is 0 Å². The first kappa shape index (κ1) is 11.3. The van der Waals surface area contributed by atoms with Crippen LogP contribution in [-0.2, 0) is 6.54 Å². The molecule has 0 radical (unpaired) electrons. The molecule has 1 saturated heterocycles. The molecule has 1 aromatic heterocycles. The van der Waals surface area contributed by atoms with Gasteiger partial charge in [-0.25, -0.2) is 0 Å². The quantitative estimate of drug-likeness (QED) is 0.856. The van der Waals surface area contributed by atoms with Crippen molar-refractivity contribution in [1.29, 1.82) is 0 Å². The van der Waals surface area contributed by atoms with Gasteiger partial charge in [0.2, 0.25) is 4.47 Å². The predicted octanol–water partition coefficient (Wildman–Crippen LogP) is 1.38. The highest BCUT2D eigenvalue weighted by atomic mass is 35.5. The van der Waals surface area contributed by atoms with Gasteiger partial charge in [0.15, 0.2) is 0 Å². The maximum Gasteiger partial charge on any atom is 0.207 e. The summed E-state index contributed by atoms with van der Waals surface area (Å²) < 4.78 is 0.526. The van der Waals surface area contributed by atoms with E-state index in [1.54, 1.807) is 0 Å². The van der Waals surface area contributed by atoms with E-state index in [9.17, 15) is 0 Å². The number of halogens is 1. The third kappa shape index (κ3) is 2.66. The molecular weight excluding hydrogens is 232 g/mol. The van der Waals surface area contributed by atoms with E-state index in [1.165, 1.54) is 11.3 Å². The Morgan fingerprint density at radius 2 is 2.33 bits per heavy atom. The Morgan fingerprint density at radius 3 is 2.93 bits per heavy atom. The number of nitrogens with one attached hydrogen (secondary N) is 1. The smallest absolute Gasteiger partial charge is 0.207 e. The van der Waals surface area contributed by atoms with Crippen molar-refractivity contribution in [3.63, 3.8) is 0 Å². The SMILES string of the molecule is CC1(C)CNCCN1Cc1nnc(Cl)s1. The van der Waals surface area contributed by atoms with Crippen LogP contribution < -0.4 is 5.32 Å². The molecule has 15 heavy (non-hydrogen) atoms. The molecule has 1 aromatic rings. The number of rotatable bonds is 2. The van der Waals surface area contributed by atoms with Crippen LogP contribution in [-0.4, -0.2) is 40.3 Å². The molecule has 4 nitrogen and oxygen atoms in total. The predicted molar refractivity (Wildman–Crippen MR) is 62.3 cm³/mol. The summed E-state index contributed by atoms with van der Waals surface area (Å²) >= 11 is 7.23. The van der Waals surface area contributed by atoms with Gasteiger partial charge in [-0.1, -0.05) is 11.3 Å². The fraction of sp³-hybridized carbons (Fsp3) is 0.778. The topological polar surface area (TPSA) is 41.0 Å². The van der Waals surface area contributed by atoms with E-state index in [-0.39, 0.29) is 5.54 Å². The van der Waals surface area contributed by atoms with Crippen LogP contribution in [0.15, 0.2) is 0 Å². The summed E-state index contributed by atoms with van der Waals surface area (Å²) in [6.07, 6.45) is 0. The third-order valence-corrected chi connectivity index (χ3v) is 3.74. The Labute approximate surface area is 98.6 Å². The highest BCUT2D eigenvalue weighted by Gasteiger charge is 2.30. The van der Waals surface area contributed by atoms with Gasteiger partial charge in [-0.05, 0) is 25.4 Å². The Hall–Kier alpha value is -0.230. The van der Waals surface area contributed by atoms with Crippen molar-refractivity contribution in [2.75, 3.05) is 19.6 Å². The molecule has 1 aliphatic heterocycles. The minimum absolute atomic E-state index is 0.177. The zero-order valence-electron chi connectivity index (χ0n) is 8.96. The lowest BCUT2D eigenvalue weighted by molar-refractivity contribution is 0.0824. The lowest BCUT2D eigenvalue weighted by Gasteiger charge is -2.42. The molecule has 1 aliphatic rings. The standard InChI is InChI=1S/C9H15ClN4S/c1-9(2)6-11-3-4-14(9)5-7-12-13-8(10)15-7/h11H,3-6H2,1-2H3. The molecule has 0 aromatic carbocycles. The summed E-state index contributed by atoms with van der Waals surface area (Å²) in [5.41, 5.74) is 0.177. The van der Waals surface area contributed by atoms with Gasteiger partial charge in [-0.3, -0.25) is 4.90 Å². The second kappa shape index (κ2) is 4.33. The van der Waals surface area contributed by atoms with Crippen molar-refractivity contribution in [2.45, 2.75) is 25.9 Å². The van der Waals surface area contributed by atoms with E-state index in [0.29, 0.717) is 4.47 Å². The first-order valence-electron chi connectivity index (χ1n) is 5.01. The molecule has 2 heterocycles. The van der Waals surface area contributed by atoms with E-state index >= 15 is 0 Å². The van der Waals surface area contributed by atoms with Crippen LogP contribution >= 0.6 is 22.9 Å². The van der Waals surface area contributed by atoms with E-state index in [4.69, 9.17) is 11.6 Å². The van der Waals surface area contributed by atoms with Crippen LogP contribution in [0, 0.1) is 0 Å². The van der Waals surface area contributed by atoms with Gasteiger partial charge in [0.1, 0.15) is 5.01 Å². The van der Waals surface area contributed by atoms with Crippen LogP contribution in [0.5, 0.6) is 0 Å². The van der Waals surface area contributed by atoms with Crippen molar-refractivity contribution in [3.8, 4) is 0 Å². The Bertz CT molecular complexity index is 339. The fourth-order valence-electron chi connectivity index (χ4n) is 1.78. The normalized spacial score (nSPS) is 21.8. The van der Waals surface area contributed by atoms with Crippen LogP contribution in [0.2, 0.25) is 4.47 Å². The molecule has 84 valence electrons. The number of hydrogen-bond donors (Lipinski definition) is 1. The van der Waals surface area contributed by atoms with Crippen LogP contribution in [0.4, 0.5) is 0 Å². The zero-order chi connectivity index (χ0) is 10.9. The van der Waals surface area contributed by atoms with Gasteiger partial charge >= 0.3 is 0 Å². The molecule has 6 heteroatoms. The van der Waals surface area contributed by atoms with Crippen LogP contribution in [0.1, 0.15) is 18.9 Å². The summed E-state index contributed by atoms with van der Waals surface area (Å²) in [6, 6.07) is 0. The van der Waals surface area contributed by atoms with Gasteiger partial charge in [-0.2, -0.15) is 0 Å². The number of nitrogens with zero attached hydrogens (tertiary/aromatic N) is 3. The van der Waals surface area contributed by atoms with Gasteiger partial charge in [0.25, 0.3) is 0 Å². The molecule has 1 fully saturated rings. The van der Waals surface area contributed by atoms with Gasteiger partial charge in [0, 0.05) is 25.2 Å². The maximum atomic E-state index is 5.76. The molecule has 0 aliphatic carbocycles. The molecule has 0 amide bonds. The number of aromatic nitrogens is 2. The maximum absolute atomic E-state index is 5.76. The Morgan fingerprint density at radius 1 is 1.53 bits per heavy atom. The first-order valence-corrected chi connectivity index (χ1v) is 6.21. The number of piperazine rings is 1. The Balaban J connectivity index is 2.04. The van der Waals surface area contributed by atoms with E-state index < -0.39 is 0 Å². The second-order valence-electron chi connectivity index (χ2n) is 4.36. The van der Waals surface area contributed by atoms with Crippen molar-refractivity contribution >= 4 is 22.9 Å². The summed E-state index contributed by atoms with van der Waals surface area (Å²) in [6.45, 7) is 8.42. The molecule has 0 bridgehead atoms. The van der Waals surface area contributed by atoms with Gasteiger partial charge in [-0.15, -0.1) is 10.2 Å². The molecule has 0 unspecified atom stereocenters. The minimum atomic E-state index is 0.177. The summed E-state index contributed by atoms with van der Waals surface area (Å²) in [5.74, 6) is 0. The third-order valence-electron chi connectivity index (χ3n) is 2.74. The molecular formula is C9H15ClN4S. The number of hydrogen-bond acceptors (Lipinski definition) is 5. The van der Waals surface area contributed by atoms with E-state index in [0.717, 1.165) is 31.2 Å². The molecule has 0 spiro atoms.